The van der Waals surface area contributed by atoms with E-state index in [0.29, 0.717) is 36.9 Å². The van der Waals surface area contributed by atoms with E-state index in [-0.39, 0.29) is 30.6 Å². The zero-order valence-electron chi connectivity index (χ0n) is 16.4. The summed E-state index contributed by atoms with van der Waals surface area (Å²) >= 11 is 1.41. The van der Waals surface area contributed by atoms with Crippen LogP contribution in [0.25, 0.3) is 0 Å². The third kappa shape index (κ3) is 5.38. The van der Waals surface area contributed by atoms with Gasteiger partial charge in [0.15, 0.2) is 5.13 Å². The van der Waals surface area contributed by atoms with E-state index in [1.165, 1.54) is 29.5 Å². The highest BCUT2D eigenvalue weighted by Crippen LogP contribution is 2.21. The summed E-state index contributed by atoms with van der Waals surface area (Å²) in [5, 5.41) is 3.26. The van der Waals surface area contributed by atoms with E-state index in [4.69, 9.17) is 0 Å². The molecule has 0 atom stereocenters. The fourth-order valence-electron chi connectivity index (χ4n) is 3.05. The molecule has 2 aromatic rings. The third-order valence-corrected chi connectivity index (χ3v) is 5.82. The van der Waals surface area contributed by atoms with Crippen molar-refractivity contribution in [2.75, 3.05) is 31.5 Å². The molecule has 1 aromatic heterocycles. The second-order valence-corrected chi connectivity index (χ2v) is 8.10. The number of aryl methyl sites for hydroxylation is 2. The monoisotopic (exact) mass is 418 g/mol. The van der Waals surface area contributed by atoms with Gasteiger partial charge in [-0.3, -0.25) is 14.4 Å². The number of nitrogens with one attached hydrogen (secondary N) is 1. The van der Waals surface area contributed by atoms with Crippen LogP contribution in [0, 0.1) is 19.7 Å². The summed E-state index contributed by atoms with van der Waals surface area (Å²) in [6, 6.07) is 5.58. The first-order chi connectivity index (χ1) is 13.8. The van der Waals surface area contributed by atoms with Crippen LogP contribution in [0.4, 0.5) is 9.52 Å². The molecule has 29 heavy (non-hydrogen) atoms. The van der Waals surface area contributed by atoms with Crippen molar-refractivity contribution in [2.45, 2.75) is 26.7 Å². The van der Waals surface area contributed by atoms with E-state index in [0.717, 1.165) is 10.6 Å². The summed E-state index contributed by atoms with van der Waals surface area (Å²) in [5.74, 6) is -1.06. The van der Waals surface area contributed by atoms with Crippen molar-refractivity contribution < 1.29 is 18.8 Å². The predicted octanol–water partition coefficient (Wildman–Crippen LogP) is 2.60. The van der Waals surface area contributed by atoms with Gasteiger partial charge in [0, 0.05) is 49.5 Å². The van der Waals surface area contributed by atoms with Gasteiger partial charge in [0.25, 0.3) is 5.91 Å². The standard InChI is InChI=1S/C20H23FN4O3S/c1-13-14(2)29-20(22-13)23-17(26)6-7-18(27)24-8-10-25(11-9-24)19(28)15-4-3-5-16(21)12-15/h3-5,12H,6-11H2,1-2H3,(H,22,23,26). The van der Waals surface area contributed by atoms with E-state index < -0.39 is 5.82 Å². The van der Waals surface area contributed by atoms with Crippen LogP contribution in [0.5, 0.6) is 0 Å². The Morgan fingerprint density at radius 3 is 2.41 bits per heavy atom. The SMILES string of the molecule is Cc1nc(NC(=O)CCC(=O)N2CCN(C(=O)c3cccc(F)c3)CC2)sc1C. The van der Waals surface area contributed by atoms with Crippen LogP contribution in [0.1, 0.15) is 33.8 Å². The van der Waals surface area contributed by atoms with Gasteiger partial charge in [0.2, 0.25) is 11.8 Å². The molecule has 3 rings (SSSR count). The van der Waals surface area contributed by atoms with E-state index in [1.54, 1.807) is 15.9 Å². The first-order valence-electron chi connectivity index (χ1n) is 9.40. The van der Waals surface area contributed by atoms with Crippen molar-refractivity contribution in [3.8, 4) is 0 Å². The maximum atomic E-state index is 13.3. The summed E-state index contributed by atoms with van der Waals surface area (Å²) < 4.78 is 13.3. The number of hydrogen-bond donors (Lipinski definition) is 1. The number of thiazole rings is 1. The Morgan fingerprint density at radius 1 is 1.10 bits per heavy atom. The molecular weight excluding hydrogens is 395 g/mol. The van der Waals surface area contributed by atoms with Crippen molar-refractivity contribution in [1.82, 2.24) is 14.8 Å². The first kappa shape index (κ1) is 20.9. The topological polar surface area (TPSA) is 82.6 Å². The molecule has 1 N–H and O–H groups in total. The molecule has 1 aliphatic heterocycles. The van der Waals surface area contributed by atoms with Crippen molar-refractivity contribution in [2.24, 2.45) is 0 Å². The van der Waals surface area contributed by atoms with Gasteiger partial charge in [-0.05, 0) is 32.0 Å². The van der Waals surface area contributed by atoms with E-state index >= 15 is 0 Å². The Balaban J connectivity index is 1.43. The van der Waals surface area contributed by atoms with Gasteiger partial charge < -0.3 is 15.1 Å². The second kappa shape index (κ2) is 9.13. The average Bonchev–Trinajstić information content (AvgIpc) is 3.02. The average molecular weight is 418 g/mol. The lowest BCUT2D eigenvalue weighted by Crippen LogP contribution is -2.50. The number of benzene rings is 1. The normalized spacial score (nSPS) is 14.0. The lowest BCUT2D eigenvalue weighted by Gasteiger charge is -2.34. The van der Waals surface area contributed by atoms with Crippen LogP contribution in [0.2, 0.25) is 0 Å². The minimum absolute atomic E-state index is 0.0823. The molecule has 154 valence electrons. The Morgan fingerprint density at radius 2 is 1.79 bits per heavy atom. The van der Waals surface area contributed by atoms with Gasteiger partial charge in [-0.15, -0.1) is 11.3 Å². The molecule has 0 bridgehead atoms. The van der Waals surface area contributed by atoms with E-state index in [2.05, 4.69) is 10.3 Å². The maximum absolute atomic E-state index is 13.3. The fraction of sp³-hybridized carbons (Fsp3) is 0.400. The zero-order valence-corrected chi connectivity index (χ0v) is 17.2. The zero-order chi connectivity index (χ0) is 21.0. The summed E-state index contributed by atoms with van der Waals surface area (Å²) in [5.41, 5.74) is 1.18. The lowest BCUT2D eigenvalue weighted by atomic mass is 10.1. The molecule has 0 radical (unpaired) electrons. The molecule has 9 heteroatoms. The Labute approximate surface area is 172 Å². The molecule has 7 nitrogen and oxygen atoms in total. The molecule has 0 aliphatic carbocycles. The minimum atomic E-state index is -0.453. The summed E-state index contributed by atoms with van der Waals surface area (Å²) in [4.78, 5) is 45.4. The smallest absolute Gasteiger partial charge is 0.254 e. The molecule has 0 unspecified atom stereocenters. The number of anilines is 1. The number of nitrogens with zero attached hydrogens (tertiary/aromatic N) is 3. The predicted molar refractivity (Wildman–Crippen MR) is 108 cm³/mol. The van der Waals surface area contributed by atoms with E-state index in [1.807, 2.05) is 13.8 Å². The molecule has 2 heterocycles. The largest absolute Gasteiger partial charge is 0.339 e. The van der Waals surface area contributed by atoms with Crippen LogP contribution in [0.3, 0.4) is 0 Å². The van der Waals surface area contributed by atoms with Gasteiger partial charge in [0.05, 0.1) is 5.69 Å². The maximum Gasteiger partial charge on any atom is 0.254 e. The fourth-order valence-corrected chi connectivity index (χ4v) is 3.88. The van der Waals surface area contributed by atoms with Gasteiger partial charge in [-0.25, -0.2) is 9.37 Å². The highest BCUT2D eigenvalue weighted by Gasteiger charge is 2.25. The highest BCUT2D eigenvalue weighted by molar-refractivity contribution is 7.15. The number of aromatic nitrogens is 1. The molecule has 3 amide bonds. The Bertz CT molecular complexity index is 903. The number of piperazine rings is 1. The first-order valence-corrected chi connectivity index (χ1v) is 10.2. The van der Waals surface area contributed by atoms with Crippen LogP contribution in [-0.2, 0) is 9.59 Å². The molecule has 0 spiro atoms. The van der Waals surface area contributed by atoms with Crippen molar-refractivity contribution >= 4 is 34.2 Å². The number of hydrogen-bond acceptors (Lipinski definition) is 5. The van der Waals surface area contributed by atoms with Crippen molar-refractivity contribution in [3.63, 3.8) is 0 Å². The number of rotatable bonds is 5. The van der Waals surface area contributed by atoms with Crippen LogP contribution < -0.4 is 5.32 Å². The summed E-state index contributed by atoms with van der Waals surface area (Å²) in [6.07, 6.45) is 0.186. The summed E-state index contributed by atoms with van der Waals surface area (Å²) in [6.45, 7) is 5.36. The summed E-state index contributed by atoms with van der Waals surface area (Å²) in [7, 11) is 0. The number of amides is 3. The Kier molecular flexibility index (Phi) is 6.58. The third-order valence-electron chi connectivity index (χ3n) is 4.83. The van der Waals surface area contributed by atoms with Crippen molar-refractivity contribution in [3.05, 3.63) is 46.2 Å². The molecular formula is C20H23FN4O3S. The number of halogens is 1. The van der Waals surface area contributed by atoms with Gasteiger partial charge in [-0.1, -0.05) is 6.07 Å². The van der Waals surface area contributed by atoms with Crippen LogP contribution in [0.15, 0.2) is 24.3 Å². The quantitative estimate of drug-likeness (QED) is 0.809. The van der Waals surface area contributed by atoms with Gasteiger partial charge in [0.1, 0.15) is 5.82 Å². The molecule has 1 aliphatic rings. The van der Waals surface area contributed by atoms with Gasteiger partial charge >= 0.3 is 0 Å². The number of carbonyl (C=O) groups is 3. The molecule has 1 saturated heterocycles. The van der Waals surface area contributed by atoms with E-state index in [9.17, 15) is 18.8 Å². The second-order valence-electron chi connectivity index (χ2n) is 6.89. The van der Waals surface area contributed by atoms with Gasteiger partial charge in [-0.2, -0.15) is 0 Å². The lowest BCUT2D eigenvalue weighted by molar-refractivity contribution is -0.134. The highest BCUT2D eigenvalue weighted by atomic mass is 32.1. The minimum Gasteiger partial charge on any atom is -0.339 e. The van der Waals surface area contributed by atoms with Crippen molar-refractivity contribution in [1.29, 1.82) is 0 Å². The Hall–Kier alpha value is -2.81. The molecule has 1 fully saturated rings. The number of carbonyl (C=O) groups excluding carboxylic acids is 3. The van der Waals surface area contributed by atoms with Crippen LogP contribution >= 0.6 is 11.3 Å². The van der Waals surface area contributed by atoms with Crippen LogP contribution in [-0.4, -0.2) is 58.7 Å². The molecule has 0 saturated carbocycles. The molecule has 1 aromatic carbocycles.